The molecule has 2 aliphatic heterocycles. The van der Waals surface area contributed by atoms with Crippen molar-refractivity contribution in [1.29, 1.82) is 0 Å². The van der Waals surface area contributed by atoms with Crippen LogP contribution in [0.3, 0.4) is 0 Å². The third-order valence-corrected chi connectivity index (χ3v) is 12.4. The van der Waals surface area contributed by atoms with Crippen molar-refractivity contribution in [2.75, 3.05) is 6.61 Å². The molecule has 0 fully saturated rings. The molecule has 0 unspecified atom stereocenters. The zero-order chi connectivity index (χ0) is 44.7. The lowest BCUT2D eigenvalue weighted by Crippen LogP contribution is -2.07. The number of aromatic nitrogens is 6. The van der Waals surface area contributed by atoms with Crippen LogP contribution in [0.1, 0.15) is 40.2 Å². The van der Waals surface area contributed by atoms with E-state index in [1.54, 1.807) is 23.7 Å². The number of hydrogen-bond acceptors (Lipinski definition) is 5. The van der Waals surface area contributed by atoms with Gasteiger partial charge in [0.2, 0.25) is 0 Å². The van der Waals surface area contributed by atoms with Crippen LogP contribution in [0.15, 0.2) is 168 Å². The van der Waals surface area contributed by atoms with Gasteiger partial charge in [-0.15, -0.1) is 0 Å². The van der Waals surface area contributed by atoms with Gasteiger partial charge in [0, 0.05) is 48.8 Å². The fourth-order valence-electron chi connectivity index (χ4n) is 8.83. The van der Waals surface area contributed by atoms with Crippen LogP contribution in [0.25, 0.3) is 108 Å². The van der Waals surface area contributed by atoms with E-state index in [-0.39, 0.29) is 12.3 Å². The van der Waals surface area contributed by atoms with Gasteiger partial charge in [-0.1, -0.05) is 121 Å². The molecule has 4 aromatic heterocycles. The lowest BCUT2D eigenvalue weighted by atomic mass is 10.0. The maximum atomic E-state index is 14.7. The van der Waals surface area contributed by atoms with Crippen LogP contribution in [-0.4, -0.2) is 42.3 Å². The standard InChI is InChI=1S/C56H38BrFN6O2/c1-2-66-56(65)48-33-50(64(63-48)49-30-23-38(58)31-40(49)57)39-32-47-53(36-19-11-5-12-20-36)45-27-26-43(60-45)51(34-15-7-3-8-16-34)41-24-25-42(59-41)52(35-17-9-4-10-18-35)44-28-29-46(61-44)54(55(39)62-47)37-21-13-6-14-22-37/h3-33,59,62H,2H2,1H3. The number of nitrogens with zero attached hydrogens (tertiary/aromatic N) is 4. The molecule has 0 spiro atoms. The summed E-state index contributed by atoms with van der Waals surface area (Å²) in [4.78, 5) is 32.2. The Kier molecular flexibility index (Phi) is 10.5. The number of hydrogen-bond donors (Lipinski definition) is 2. The van der Waals surface area contributed by atoms with Gasteiger partial charge in [-0.2, -0.15) is 5.10 Å². The zero-order valence-electron chi connectivity index (χ0n) is 35.5. The van der Waals surface area contributed by atoms with Crippen LogP contribution >= 0.6 is 15.9 Å². The number of H-pyrrole nitrogens is 2. The summed E-state index contributed by atoms with van der Waals surface area (Å²) >= 11 is 3.60. The first-order valence-electron chi connectivity index (χ1n) is 21.6. The van der Waals surface area contributed by atoms with E-state index in [9.17, 15) is 9.18 Å². The maximum Gasteiger partial charge on any atom is 0.358 e. The topological polar surface area (TPSA) is 101 Å². The number of benzene rings is 5. The Bertz CT molecular complexity index is 3580. The molecule has 0 amide bonds. The molecule has 8 bridgehead atoms. The molecule has 6 heterocycles. The van der Waals surface area contributed by atoms with Crippen LogP contribution in [0.4, 0.5) is 4.39 Å². The highest BCUT2D eigenvalue weighted by molar-refractivity contribution is 9.10. The Morgan fingerprint density at radius 1 is 0.576 bits per heavy atom. The molecular formula is C56H38BrFN6O2. The number of ether oxygens (including phenoxy) is 1. The summed E-state index contributed by atoms with van der Waals surface area (Å²) in [6.07, 6.45) is 8.26. The van der Waals surface area contributed by atoms with E-state index in [4.69, 9.17) is 19.8 Å². The van der Waals surface area contributed by atoms with E-state index in [1.165, 1.54) is 12.1 Å². The quantitative estimate of drug-likeness (QED) is 0.148. The Labute approximate surface area is 387 Å². The van der Waals surface area contributed by atoms with Gasteiger partial charge in [-0.05, 0) is 112 Å². The Morgan fingerprint density at radius 2 is 1.05 bits per heavy atom. The van der Waals surface area contributed by atoms with Gasteiger partial charge in [0.25, 0.3) is 0 Å². The highest BCUT2D eigenvalue weighted by Gasteiger charge is 2.25. The van der Waals surface area contributed by atoms with E-state index in [0.717, 1.165) is 78.1 Å². The maximum absolute atomic E-state index is 14.7. The van der Waals surface area contributed by atoms with Crippen LogP contribution < -0.4 is 0 Å². The minimum atomic E-state index is -0.583. The van der Waals surface area contributed by atoms with Crippen LogP contribution in [0.2, 0.25) is 0 Å². The fourth-order valence-corrected chi connectivity index (χ4v) is 9.35. The van der Waals surface area contributed by atoms with E-state index >= 15 is 0 Å². The summed E-state index contributed by atoms with van der Waals surface area (Å²) in [5, 5.41) is 4.84. The first kappa shape index (κ1) is 40.6. The predicted molar refractivity (Wildman–Crippen MR) is 267 cm³/mol. The molecular weight excluding hydrogens is 888 g/mol. The Morgan fingerprint density at radius 3 is 1.53 bits per heavy atom. The van der Waals surface area contributed by atoms with Gasteiger partial charge < -0.3 is 14.7 Å². The molecule has 11 rings (SSSR count). The summed E-state index contributed by atoms with van der Waals surface area (Å²) in [5.74, 6) is -1.00. The normalized spacial score (nSPS) is 11.9. The molecule has 5 aromatic carbocycles. The third kappa shape index (κ3) is 7.37. The SMILES string of the molecule is CCOC(=O)c1cc(-c2cc3[nH]c2c(-c2ccccc2)c2nc(c(-c4ccccc4)c4ccc([nH]4)c(-c4ccccc4)c4nc(c3-c3ccccc3)C=C4)C=C2)n(-c2ccc(F)cc2Br)n1. The molecule has 0 radical (unpaired) electrons. The number of halogens is 2. The van der Waals surface area contributed by atoms with Gasteiger partial charge in [-0.3, -0.25) is 0 Å². The zero-order valence-corrected chi connectivity index (χ0v) is 37.1. The second-order valence-electron chi connectivity index (χ2n) is 15.8. The highest BCUT2D eigenvalue weighted by Crippen LogP contribution is 2.42. The number of esters is 1. The van der Waals surface area contributed by atoms with Gasteiger partial charge in [0.15, 0.2) is 5.69 Å². The molecule has 66 heavy (non-hydrogen) atoms. The average Bonchev–Trinajstić information content (AvgIpc) is 4.22. The summed E-state index contributed by atoms with van der Waals surface area (Å²) in [5.41, 5.74) is 15.6. The van der Waals surface area contributed by atoms with Crippen molar-refractivity contribution in [3.8, 4) is 61.5 Å². The van der Waals surface area contributed by atoms with E-state index in [0.29, 0.717) is 32.6 Å². The fraction of sp³-hybridized carbons (Fsp3) is 0.0357. The number of carbonyl (C=O) groups is 1. The van der Waals surface area contributed by atoms with Gasteiger partial charge in [0.1, 0.15) is 5.82 Å². The molecule has 0 saturated heterocycles. The largest absolute Gasteiger partial charge is 0.461 e. The minimum Gasteiger partial charge on any atom is -0.461 e. The summed E-state index contributed by atoms with van der Waals surface area (Å²) in [7, 11) is 0. The Hall–Kier alpha value is -8.21. The van der Waals surface area contributed by atoms with Gasteiger partial charge in [-0.25, -0.2) is 23.8 Å². The molecule has 0 saturated carbocycles. The van der Waals surface area contributed by atoms with Crippen molar-refractivity contribution >= 4 is 68.3 Å². The van der Waals surface area contributed by atoms with Crippen molar-refractivity contribution in [3.63, 3.8) is 0 Å². The number of carbonyl (C=O) groups excluding carboxylic acids is 1. The van der Waals surface area contributed by atoms with Crippen molar-refractivity contribution in [3.05, 3.63) is 203 Å². The van der Waals surface area contributed by atoms with Crippen LogP contribution in [-0.2, 0) is 4.74 Å². The number of nitrogens with one attached hydrogen (secondary N) is 2. The first-order valence-corrected chi connectivity index (χ1v) is 22.4. The lowest BCUT2D eigenvalue weighted by Gasteiger charge is -2.11. The lowest BCUT2D eigenvalue weighted by molar-refractivity contribution is 0.0519. The molecule has 0 atom stereocenters. The Balaban J connectivity index is 1.36. The molecule has 0 aliphatic carbocycles. The third-order valence-electron chi connectivity index (χ3n) is 11.7. The van der Waals surface area contributed by atoms with Crippen molar-refractivity contribution in [2.24, 2.45) is 0 Å². The molecule has 2 N–H and O–H groups in total. The van der Waals surface area contributed by atoms with E-state index < -0.39 is 11.8 Å². The van der Waals surface area contributed by atoms with Crippen LogP contribution in [0.5, 0.6) is 0 Å². The molecule has 10 heteroatoms. The van der Waals surface area contributed by atoms with Crippen molar-refractivity contribution in [2.45, 2.75) is 6.92 Å². The summed E-state index contributed by atoms with van der Waals surface area (Å²) in [6, 6.07) is 53.3. The van der Waals surface area contributed by atoms with Gasteiger partial charge >= 0.3 is 5.97 Å². The average molecular weight is 926 g/mol. The van der Waals surface area contributed by atoms with Crippen molar-refractivity contribution < 1.29 is 13.9 Å². The predicted octanol–water partition coefficient (Wildman–Crippen LogP) is 14.3. The second kappa shape index (κ2) is 17.1. The smallest absolute Gasteiger partial charge is 0.358 e. The number of aromatic amines is 2. The molecule has 2 aliphatic rings. The van der Waals surface area contributed by atoms with E-state index in [2.05, 4.69) is 117 Å². The number of fused-ring (bicyclic) bond motifs is 8. The number of rotatable bonds is 8. The second-order valence-corrected chi connectivity index (χ2v) is 16.6. The molecule has 9 aromatic rings. The monoisotopic (exact) mass is 924 g/mol. The summed E-state index contributed by atoms with van der Waals surface area (Å²) < 4.78 is 22.3. The molecule has 8 nitrogen and oxygen atoms in total. The molecule has 318 valence electrons. The van der Waals surface area contributed by atoms with Gasteiger partial charge in [0.05, 0.1) is 46.3 Å². The van der Waals surface area contributed by atoms with Crippen LogP contribution in [0, 0.1) is 5.82 Å². The van der Waals surface area contributed by atoms with Crippen molar-refractivity contribution in [1.82, 2.24) is 29.7 Å². The summed E-state index contributed by atoms with van der Waals surface area (Å²) in [6.45, 7) is 1.92. The van der Waals surface area contributed by atoms with E-state index in [1.807, 2.05) is 72.8 Å². The first-order chi connectivity index (χ1) is 32.4. The minimum absolute atomic E-state index is 0.0935. The highest BCUT2D eigenvalue weighted by atomic mass is 79.9.